The van der Waals surface area contributed by atoms with Crippen LogP contribution in [0.1, 0.15) is 20.3 Å². The van der Waals surface area contributed by atoms with Gasteiger partial charge in [0.15, 0.2) is 5.78 Å². The Morgan fingerprint density at radius 2 is 2.00 bits per heavy atom. The third kappa shape index (κ3) is 3.01. The molecule has 1 N–H and O–H groups in total. The molecule has 0 rings (SSSR count). The number of carboxylic acid groups (broad SMARTS) is 1. The zero-order valence-corrected chi connectivity index (χ0v) is 8.09. The summed E-state index contributed by atoms with van der Waals surface area (Å²) in [4.78, 5) is 21.2. The quantitative estimate of drug-likeness (QED) is 0.579. The van der Waals surface area contributed by atoms with E-state index in [4.69, 9.17) is 5.11 Å². The number of ketones is 1. The Kier molecular flexibility index (Phi) is 4.33. The van der Waals surface area contributed by atoms with Gasteiger partial charge in [0.05, 0.1) is 4.83 Å². The van der Waals surface area contributed by atoms with Crippen LogP contribution in [-0.4, -0.2) is 21.7 Å². The number of carboxylic acids is 1. The maximum absolute atomic E-state index is 11.1. The van der Waals surface area contributed by atoms with Gasteiger partial charge in [-0.1, -0.05) is 22.9 Å². The Labute approximate surface area is 73.9 Å². The molecule has 3 nitrogen and oxygen atoms in total. The molecule has 0 aliphatic carbocycles. The van der Waals surface area contributed by atoms with E-state index in [9.17, 15) is 9.59 Å². The summed E-state index contributed by atoms with van der Waals surface area (Å²) < 4.78 is 0. The van der Waals surface area contributed by atoms with Crippen molar-refractivity contribution in [1.82, 2.24) is 0 Å². The van der Waals surface area contributed by atoms with E-state index in [1.165, 1.54) is 0 Å². The minimum absolute atomic E-state index is 0.264. The van der Waals surface area contributed by atoms with Crippen molar-refractivity contribution in [3.63, 3.8) is 0 Å². The van der Waals surface area contributed by atoms with Gasteiger partial charge in [0.2, 0.25) is 0 Å². The lowest BCUT2D eigenvalue weighted by Gasteiger charge is -2.09. The highest BCUT2D eigenvalue weighted by molar-refractivity contribution is 9.10. The van der Waals surface area contributed by atoms with E-state index >= 15 is 0 Å². The third-order valence-electron chi connectivity index (χ3n) is 1.44. The molecule has 2 unspecified atom stereocenters. The van der Waals surface area contributed by atoms with E-state index in [-0.39, 0.29) is 10.6 Å². The number of hydrogen-bond acceptors (Lipinski definition) is 2. The largest absolute Gasteiger partial charge is 0.481 e. The Bertz CT molecular complexity index is 165. The topological polar surface area (TPSA) is 54.4 Å². The summed E-state index contributed by atoms with van der Waals surface area (Å²) in [6.07, 6.45) is 0.351. The van der Waals surface area contributed by atoms with Crippen LogP contribution < -0.4 is 0 Å². The van der Waals surface area contributed by atoms with Gasteiger partial charge in [-0.15, -0.1) is 0 Å². The van der Waals surface area contributed by atoms with E-state index < -0.39 is 11.9 Å². The fourth-order valence-corrected chi connectivity index (χ4v) is 1.09. The molecule has 0 heterocycles. The smallest absolute Gasteiger partial charge is 0.314 e. The second-order valence-corrected chi connectivity index (χ2v) is 3.69. The molecule has 0 spiro atoms. The summed E-state index contributed by atoms with van der Waals surface area (Å²) in [6.45, 7) is 3.32. The van der Waals surface area contributed by atoms with Gasteiger partial charge in [0, 0.05) is 0 Å². The normalized spacial score (nSPS) is 15.5. The molecule has 0 saturated carbocycles. The summed E-state index contributed by atoms with van der Waals surface area (Å²) in [5, 5.41) is 8.55. The van der Waals surface area contributed by atoms with Gasteiger partial charge >= 0.3 is 5.97 Å². The van der Waals surface area contributed by atoms with Crippen LogP contribution >= 0.6 is 15.9 Å². The number of Topliss-reactive ketones (excluding diaryl/α,β-unsaturated/α-hetero) is 1. The molecule has 0 aromatic rings. The Hall–Kier alpha value is -0.380. The molecule has 0 aromatic carbocycles. The number of rotatable bonds is 4. The van der Waals surface area contributed by atoms with Crippen LogP contribution in [0.5, 0.6) is 0 Å². The van der Waals surface area contributed by atoms with Crippen molar-refractivity contribution in [1.29, 1.82) is 0 Å². The van der Waals surface area contributed by atoms with Crippen LogP contribution in [0.4, 0.5) is 0 Å². The minimum Gasteiger partial charge on any atom is -0.481 e. The summed E-state index contributed by atoms with van der Waals surface area (Å²) in [7, 11) is 0. The average Bonchev–Trinajstić information content (AvgIpc) is 1.88. The van der Waals surface area contributed by atoms with Crippen molar-refractivity contribution >= 4 is 27.7 Å². The monoisotopic (exact) mass is 222 g/mol. The van der Waals surface area contributed by atoms with Crippen LogP contribution in [0.3, 0.4) is 0 Å². The lowest BCUT2D eigenvalue weighted by atomic mass is 10.00. The lowest BCUT2D eigenvalue weighted by Crippen LogP contribution is -2.28. The number of carbonyl (C=O) groups is 2. The number of halogens is 1. The van der Waals surface area contributed by atoms with Crippen LogP contribution in [0, 0.1) is 5.92 Å². The number of hydrogen-bond donors (Lipinski definition) is 1. The van der Waals surface area contributed by atoms with E-state index in [1.54, 1.807) is 13.8 Å². The zero-order chi connectivity index (χ0) is 9.02. The predicted molar refractivity (Wildman–Crippen MR) is 44.8 cm³/mol. The molecule has 0 radical (unpaired) electrons. The molecule has 0 bridgehead atoms. The highest BCUT2D eigenvalue weighted by atomic mass is 79.9. The fraction of sp³-hybridized carbons (Fsp3) is 0.714. The van der Waals surface area contributed by atoms with Gasteiger partial charge in [-0.2, -0.15) is 0 Å². The minimum atomic E-state index is -1.04. The SMILES string of the molecule is CCC(C(=O)O)C(=O)C(C)Br. The van der Waals surface area contributed by atoms with Crippen molar-refractivity contribution in [2.45, 2.75) is 25.1 Å². The number of aliphatic carboxylic acids is 1. The molecule has 2 atom stereocenters. The Morgan fingerprint density at radius 1 is 1.55 bits per heavy atom. The van der Waals surface area contributed by atoms with Gasteiger partial charge in [0.1, 0.15) is 5.92 Å². The summed E-state index contributed by atoms with van der Waals surface area (Å²) >= 11 is 3.04. The predicted octanol–water partition coefficient (Wildman–Crippen LogP) is 1.45. The highest BCUT2D eigenvalue weighted by Gasteiger charge is 2.26. The molecular formula is C7H11BrO3. The van der Waals surface area contributed by atoms with Crippen molar-refractivity contribution in [2.24, 2.45) is 5.92 Å². The third-order valence-corrected chi connectivity index (χ3v) is 1.89. The molecule has 4 heteroatoms. The van der Waals surface area contributed by atoms with Gasteiger partial charge in [-0.3, -0.25) is 9.59 Å². The van der Waals surface area contributed by atoms with Crippen LogP contribution in [-0.2, 0) is 9.59 Å². The first-order valence-electron chi connectivity index (χ1n) is 3.41. The Morgan fingerprint density at radius 3 is 2.09 bits per heavy atom. The van der Waals surface area contributed by atoms with Gasteiger partial charge in [0.25, 0.3) is 0 Å². The Balaban J connectivity index is 4.27. The lowest BCUT2D eigenvalue weighted by molar-refractivity contribution is -0.146. The van der Waals surface area contributed by atoms with Crippen molar-refractivity contribution in [2.75, 3.05) is 0 Å². The van der Waals surface area contributed by atoms with Crippen molar-refractivity contribution in [3.8, 4) is 0 Å². The molecule has 11 heavy (non-hydrogen) atoms. The molecule has 0 saturated heterocycles. The van der Waals surface area contributed by atoms with E-state index in [0.717, 1.165) is 0 Å². The molecule has 0 aromatic heterocycles. The number of carbonyl (C=O) groups excluding carboxylic acids is 1. The van der Waals surface area contributed by atoms with Gasteiger partial charge in [-0.05, 0) is 13.3 Å². The van der Waals surface area contributed by atoms with Crippen LogP contribution in [0.25, 0.3) is 0 Å². The molecule has 64 valence electrons. The zero-order valence-electron chi connectivity index (χ0n) is 6.50. The summed E-state index contributed by atoms with van der Waals surface area (Å²) in [5.74, 6) is -2.16. The van der Waals surface area contributed by atoms with Crippen LogP contribution in [0.2, 0.25) is 0 Å². The van der Waals surface area contributed by atoms with E-state index in [2.05, 4.69) is 15.9 Å². The first-order chi connectivity index (χ1) is 5.00. The molecule has 0 amide bonds. The molecule has 0 aliphatic heterocycles. The van der Waals surface area contributed by atoms with E-state index in [0.29, 0.717) is 6.42 Å². The maximum Gasteiger partial charge on any atom is 0.314 e. The molecule has 0 aliphatic rings. The highest BCUT2D eigenvalue weighted by Crippen LogP contribution is 2.11. The second-order valence-electron chi connectivity index (χ2n) is 2.32. The van der Waals surface area contributed by atoms with Crippen molar-refractivity contribution in [3.05, 3.63) is 0 Å². The fourth-order valence-electron chi connectivity index (χ4n) is 0.775. The first kappa shape index (κ1) is 10.6. The van der Waals surface area contributed by atoms with Crippen LogP contribution in [0.15, 0.2) is 0 Å². The summed E-state index contributed by atoms with van der Waals surface area (Å²) in [5.41, 5.74) is 0. The van der Waals surface area contributed by atoms with Crippen molar-refractivity contribution < 1.29 is 14.7 Å². The van der Waals surface area contributed by atoms with E-state index in [1.807, 2.05) is 0 Å². The molecular weight excluding hydrogens is 212 g/mol. The van der Waals surface area contributed by atoms with Gasteiger partial charge in [-0.25, -0.2) is 0 Å². The first-order valence-corrected chi connectivity index (χ1v) is 4.32. The standard InChI is InChI=1S/C7H11BrO3/c1-3-5(7(10)11)6(9)4(2)8/h4-5H,3H2,1-2H3,(H,10,11). The summed E-state index contributed by atoms with van der Waals surface area (Å²) in [6, 6.07) is 0. The molecule has 0 fully saturated rings. The number of alkyl halides is 1. The average molecular weight is 223 g/mol. The maximum atomic E-state index is 11.1. The second kappa shape index (κ2) is 4.49. The van der Waals surface area contributed by atoms with Gasteiger partial charge < -0.3 is 5.11 Å².